The van der Waals surface area contributed by atoms with Crippen LogP contribution in [0.15, 0.2) is 28.7 Å². The number of nitrogens with two attached hydrogens (primary N) is 1. The predicted molar refractivity (Wildman–Crippen MR) is 74.9 cm³/mol. The lowest BCUT2D eigenvalue weighted by molar-refractivity contribution is 0.0727. The molecule has 100 valence electrons. The molecule has 0 saturated heterocycles. The average Bonchev–Trinajstić information content (AvgIpc) is 3.12. The van der Waals surface area contributed by atoms with Crippen LogP contribution < -0.4 is 5.73 Å². The van der Waals surface area contributed by atoms with Gasteiger partial charge in [-0.2, -0.15) is 0 Å². The lowest BCUT2D eigenvalue weighted by atomic mass is 10.2. The highest BCUT2D eigenvalue weighted by atomic mass is 16.3. The van der Waals surface area contributed by atoms with Gasteiger partial charge in [-0.05, 0) is 49.9 Å². The van der Waals surface area contributed by atoms with Gasteiger partial charge >= 0.3 is 0 Å². The van der Waals surface area contributed by atoms with Gasteiger partial charge in [0, 0.05) is 24.2 Å². The van der Waals surface area contributed by atoms with Crippen LogP contribution in [0.5, 0.6) is 0 Å². The molecule has 1 saturated carbocycles. The molecule has 2 N–H and O–H groups in total. The van der Waals surface area contributed by atoms with Gasteiger partial charge in [-0.1, -0.05) is 0 Å². The summed E-state index contributed by atoms with van der Waals surface area (Å²) in [6, 6.07) is 7.19. The summed E-state index contributed by atoms with van der Waals surface area (Å²) < 4.78 is 5.62. The van der Waals surface area contributed by atoms with Crippen LogP contribution in [0, 0.1) is 5.92 Å². The normalized spacial score (nSPS) is 14.8. The Morgan fingerprint density at radius 1 is 1.42 bits per heavy atom. The summed E-state index contributed by atoms with van der Waals surface area (Å²) in [5.74, 6) is 1.07. The zero-order valence-electron chi connectivity index (χ0n) is 11.1. The molecule has 0 spiro atoms. The van der Waals surface area contributed by atoms with Gasteiger partial charge in [-0.3, -0.25) is 4.79 Å². The van der Waals surface area contributed by atoms with E-state index in [2.05, 4.69) is 0 Å². The highest BCUT2D eigenvalue weighted by molar-refractivity contribution is 5.96. The van der Waals surface area contributed by atoms with Crippen molar-refractivity contribution in [2.75, 3.05) is 18.8 Å². The van der Waals surface area contributed by atoms with Crippen LogP contribution >= 0.6 is 0 Å². The van der Waals surface area contributed by atoms with Crippen LogP contribution in [0.1, 0.15) is 30.3 Å². The molecule has 4 heteroatoms. The van der Waals surface area contributed by atoms with E-state index in [1.54, 1.807) is 18.2 Å². The maximum Gasteiger partial charge on any atom is 0.289 e. The van der Waals surface area contributed by atoms with E-state index in [0.717, 1.165) is 11.9 Å². The lowest BCUT2D eigenvalue weighted by Crippen LogP contribution is -2.32. The third kappa shape index (κ3) is 2.43. The van der Waals surface area contributed by atoms with Gasteiger partial charge in [0.15, 0.2) is 5.76 Å². The minimum atomic E-state index is -0.0239. The molecular formula is C15H18N2O2. The van der Waals surface area contributed by atoms with Gasteiger partial charge in [0.05, 0.1) is 0 Å². The zero-order valence-corrected chi connectivity index (χ0v) is 11.1. The van der Waals surface area contributed by atoms with Gasteiger partial charge < -0.3 is 15.1 Å². The maximum atomic E-state index is 12.4. The predicted octanol–water partition coefficient (Wildman–Crippen LogP) is 2.89. The minimum absolute atomic E-state index is 0.0239. The molecular weight excluding hydrogens is 240 g/mol. The van der Waals surface area contributed by atoms with Crippen molar-refractivity contribution < 1.29 is 9.21 Å². The van der Waals surface area contributed by atoms with Crippen LogP contribution in [0.25, 0.3) is 11.0 Å². The van der Waals surface area contributed by atoms with Crippen molar-refractivity contribution in [3.63, 3.8) is 0 Å². The smallest absolute Gasteiger partial charge is 0.289 e. The Labute approximate surface area is 112 Å². The number of hydrogen-bond acceptors (Lipinski definition) is 3. The molecule has 1 aliphatic rings. The van der Waals surface area contributed by atoms with Gasteiger partial charge in [-0.25, -0.2) is 0 Å². The Balaban J connectivity index is 1.87. The van der Waals surface area contributed by atoms with Crippen molar-refractivity contribution in [1.82, 2.24) is 4.90 Å². The number of hydrogen-bond donors (Lipinski definition) is 1. The number of rotatable bonds is 4. The van der Waals surface area contributed by atoms with Crippen LogP contribution in [-0.2, 0) is 0 Å². The van der Waals surface area contributed by atoms with Crippen molar-refractivity contribution in [2.45, 2.75) is 19.8 Å². The van der Waals surface area contributed by atoms with Crippen molar-refractivity contribution in [3.05, 3.63) is 30.0 Å². The fourth-order valence-corrected chi connectivity index (χ4v) is 2.29. The van der Waals surface area contributed by atoms with Gasteiger partial charge in [-0.15, -0.1) is 0 Å². The number of nitrogen functional groups attached to an aromatic ring is 1. The quantitative estimate of drug-likeness (QED) is 0.858. The molecule has 2 aromatic rings. The third-order valence-electron chi connectivity index (χ3n) is 3.60. The molecule has 1 aliphatic carbocycles. The number of carbonyl (C=O) groups is 1. The molecule has 0 bridgehead atoms. The Bertz CT molecular complexity index is 614. The molecule has 0 aliphatic heterocycles. The summed E-state index contributed by atoms with van der Waals surface area (Å²) in [6.45, 7) is 3.56. The first-order valence-electron chi connectivity index (χ1n) is 6.75. The van der Waals surface area contributed by atoms with E-state index in [-0.39, 0.29) is 5.91 Å². The number of benzene rings is 1. The number of amides is 1. The molecule has 0 radical (unpaired) electrons. The second-order valence-corrected chi connectivity index (χ2v) is 5.20. The summed E-state index contributed by atoms with van der Waals surface area (Å²) in [5, 5.41) is 0.880. The molecule has 19 heavy (non-hydrogen) atoms. The third-order valence-corrected chi connectivity index (χ3v) is 3.60. The van der Waals surface area contributed by atoms with Crippen molar-refractivity contribution in [1.29, 1.82) is 0 Å². The Morgan fingerprint density at radius 2 is 2.21 bits per heavy atom. The van der Waals surface area contributed by atoms with Crippen LogP contribution in [0.4, 0.5) is 5.69 Å². The summed E-state index contributed by atoms with van der Waals surface area (Å²) in [5.41, 5.74) is 7.12. The van der Waals surface area contributed by atoms with E-state index in [9.17, 15) is 4.79 Å². The Morgan fingerprint density at radius 3 is 2.89 bits per heavy atom. The summed E-state index contributed by atoms with van der Waals surface area (Å²) in [6.07, 6.45) is 2.47. The first kappa shape index (κ1) is 12.1. The van der Waals surface area contributed by atoms with E-state index in [4.69, 9.17) is 10.2 Å². The molecule has 1 fully saturated rings. The Hall–Kier alpha value is -1.97. The topological polar surface area (TPSA) is 59.5 Å². The highest BCUT2D eigenvalue weighted by Crippen LogP contribution is 2.30. The van der Waals surface area contributed by atoms with E-state index in [1.807, 2.05) is 17.9 Å². The zero-order chi connectivity index (χ0) is 13.4. The number of anilines is 1. The average molecular weight is 258 g/mol. The standard InChI is InChI=1S/C15H18N2O2/c1-2-17(9-10-3-4-10)15(18)14-8-11-7-12(16)5-6-13(11)19-14/h5-8,10H,2-4,9,16H2,1H3. The monoisotopic (exact) mass is 258 g/mol. The molecule has 3 rings (SSSR count). The van der Waals surface area contributed by atoms with Crippen LogP contribution in [0.3, 0.4) is 0 Å². The van der Waals surface area contributed by atoms with Gasteiger partial charge in [0.1, 0.15) is 5.58 Å². The van der Waals surface area contributed by atoms with E-state index >= 15 is 0 Å². The number of fused-ring (bicyclic) bond motifs is 1. The van der Waals surface area contributed by atoms with Gasteiger partial charge in [0.2, 0.25) is 0 Å². The highest BCUT2D eigenvalue weighted by Gasteiger charge is 2.27. The number of furan rings is 1. The second kappa shape index (κ2) is 4.61. The molecule has 1 heterocycles. The summed E-state index contributed by atoms with van der Waals surface area (Å²) in [4.78, 5) is 14.3. The first-order valence-corrected chi connectivity index (χ1v) is 6.75. The Kier molecular flexibility index (Phi) is 2.93. The van der Waals surface area contributed by atoms with Crippen molar-refractivity contribution >= 4 is 22.6 Å². The molecule has 1 amide bonds. The lowest BCUT2D eigenvalue weighted by Gasteiger charge is -2.19. The first-order chi connectivity index (χ1) is 9.17. The van der Waals surface area contributed by atoms with Crippen LogP contribution in [-0.4, -0.2) is 23.9 Å². The molecule has 1 aromatic heterocycles. The summed E-state index contributed by atoms with van der Waals surface area (Å²) in [7, 11) is 0. The minimum Gasteiger partial charge on any atom is -0.451 e. The maximum absolute atomic E-state index is 12.4. The van der Waals surface area contributed by atoms with E-state index in [0.29, 0.717) is 29.5 Å². The van der Waals surface area contributed by atoms with Gasteiger partial charge in [0.25, 0.3) is 5.91 Å². The fraction of sp³-hybridized carbons (Fsp3) is 0.400. The molecule has 1 aromatic carbocycles. The second-order valence-electron chi connectivity index (χ2n) is 5.20. The molecule has 0 atom stereocenters. The van der Waals surface area contributed by atoms with Crippen molar-refractivity contribution in [3.8, 4) is 0 Å². The van der Waals surface area contributed by atoms with E-state index in [1.165, 1.54) is 12.8 Å². The molecule has 4 nitrogen and oxygen atoms in total. The summed E-state index contributed by atoms with van der Waals surface area (Å²) >= 11 is 0. The molecule has 0 unspecified atom stereocenters. The largest absolute Gasteiger partial charge is 0.451 e. The SMILES string of the molecule is CCN(CC1CC1)C(=O)c1cc2cc(N)ccc2o1. The fourth-order valence-electron chi connectivity index (χ4n) is 2.29. The van der Waals surface area contributed by atoms with E-state index < -0.39 is 0 Å². The van der Waals surface area contributed by atoms with Crippen LogP contribution in [0.2, 0.25) is 0 Å². The van der Waals surface area contributed by atoms with Crippen molar-refractivity contribution in [2.24, 2.45) is 5.92 Å². The number of carbonyl (C=O) groups excluding carboxylic acids is 1. The number of nitrogens with zero attached hydrogens (tertiary/aromatic N) is 1.